The summed E-state index contributed by atoms with van der Waals surface area (Å²) in [7, 11) is 0. The fourth-order valence-electron chi connectivity index (χ4n) is 4.78. The number of aromatic nitrogens is 1. The number of imide groups is 1. The Balaban J connectivity index is 1.53. The highest BCUT2D eigenvalue weighted by atomic mass is 19.4. The van der Waals surface area contributed by atoms with Crippen LogP contribution in [0.4, 0.5) is 13.2 Å². The first kappa shape index (κ1) is 24.7. The van der Waals surface area contributed by atoms with E-state index in [1.54, 1.807) is 36.4 Å². The Hall–Kier alpha value is -3.43. The van der Waals surface area contributed by atoms with E-state index in [1.165, 1.54) is 12.1 Å². The van der Waals surface area contributed by atoms with Crippen molar-refractivity contribution in [1.82, 2.24) is 14.8 Å². The number of halogens is 3. The number of rotatable bonds is 6. The number of nitrogens with zero attached hydrogens (tertiary/aromatic N) is 3. The molecule has 0 aliphatic carbocycles. The highest BCUT2D eigenvalue weighted by molar-refractivity contribution is 6.10. The molecule has 2 aromatic rings. The van der Waals surface area contributed by atoms with Gasteiger partial charge in [-0.15, -0.1) is 0 Å². The van der Waals surface area contributed by atoms with Gasteiger partial charge in [-0.2, -0.15) is 13.2 Å². The molecule has 3 amide bonds. The van der Waals surface area contributed by atoms with Gasteiger partial charge in [0.2, 0.25) is 17.7 Å². The number of benzene rings is 1. The van der Waals surface area contributed by atoms with Crippen molar-refractivity contribution in [3.05, 3.63) is 59.9 Å². The van der Waals surface area contributed by atoms with Gasteiger partial charge in [0.1, 0.15) is 11.9 Å². The third kappa shape index (κ3) is 5.01. The van der Waals surface area contributed by atoms with Crippen molar-refractivity contribution in [2.24, 2.45) is 0 Å². The number of piperidine rings is 1. The fourth-order valence-corrected chi connectivity index (χ4v) is 4.78. The van der Waals surface area contributed by atoms with E-state index >= 15 is 0 Å². The number of carbonyl (C=O) groups excluding carboxylic acids is 3. The summed E-state index contributed by atoms with van der Waals surface area (Å²) in [5.74, 6) is -0.865. The Labute approximate surface area is 200 Å². The minimum atomic E-state index is -4.62. The van der Waals surface area contributed by atoms with Crippen LogP contribution in [0.3, 0.4) is 0 Å². The van der Waals surface area contributed by atoms with Gasteiger partial charge in [0, 0.05) is 51.5 Å². The molecule has 0 spiro atoms. The number of ether oxygens (including phenoxy) is 1. The Kier molecular flexibility index (Phi) is 6.82. The second-order valence-corrected chi connectivity index (χ2v) is 8.84. The Morgan fingerprint density at radius 3 is 2.51 bits per heavy atom. The fraction of sp³-hybridized carbons (Fsp3) is 0.440. The van der Waals surface area contributed by atoms with Gasteiger partial charge >= 0.3 is 6.18 Å². The van der Waals surface area contributed by atoms with Gasteiger partial charge in [-0.3, -0.25) is 24.3 Å². The molecule has 1 aromatic heterocycles. The van der Waals surface area contributed by atoms with E-state index in [0.717, 1.165) is 17.0 Å². The van der Waals surface area contributed by atoms with E-state index in [4.69, 9.17) is 4.74 Å². The average Bonchev–Trinajstić information content (AvgIpc) is 3.09. The van der Waals surface area contributed by atoms with Crippen LogP contribution in [0.1, 0.15) is 43.7 Å². The smallest absolute Gasteiger partial charge is 0.416 e. The first-order valence-electron chi connectivity index (χ1n) is 11.5. The van der Waals surface area contributed by atoms with Crippen LogP contribution in [-0.4, -0.2) is 58.2 Å². The molecule has 1 atom stereocenters. The normalized spacial score (nSPS) is 21.5. The van der Waals surface area contributed by atoms with E-state index in [1.807, 2.05) is 0 Å². The summed E-state index contributed by atoms with van der Waals surface area (Å²) < 4.78 is 46.1. The van der Waals surface area contributed by atoms with Crippen LogP contribution < -0.4 is 4.74 Å². The van der Waals surface area contributed by atoms with E-state index in [0.29, 0.717) is 31.7 Å². The summed E-state index contributed by atoms with van der Waals surface area (Å²) in [6.45, 7) is 2.46. The lowest BCUT2D eigenvalue weighted by molar-refractivity contribution is -0.143. The summed E-state index contributed by atoms with van der Waals surface area (Å²) in [5, 5.41) is 0. The van der Waals surface area contributed by atoms with Gasteiger partial charge in [-0.25, -0.2) is 0 Å². The third-order valence-electron chi connectivity index (χ3n) is 6.65. The third-order valence-corrected chi connectivity index (χ3v) is 6.65. The Morgan fingerprint density at radius 2 is 1.91 bits per heavy atom. The summed E-state index contributed by atoms with van der Waals surface area (Å²) in [6, 6.07) is 7.95. The average molecular weight is 489 g/mol. The predicted octanol–water partition coefficient (Wildman–Crippen LogP) is 3.58. The summed E-state index contributed by atoms with van der Waals surface area (Å²) in [5.41, 5.74) is -2.55. The first-order valence-corrected chi connectivity index (χ1v) is 11.5. The molecule has 10 heteroatoms. The van der Waals surface area contributed by atoms with Crippen molar-refractivity contribution in [3.63, 3.8) is 0 Å². The van der Waals surface area contributed by atoms with E-state index in [-0.39, 0.29) is 37.0 Å². The molecule has 2 saturated heterocycles. The molecule has 0 bridgehead atoms. The standard InChI is InChI=1S/C25H26F3N3O4/c1-2-31-22(33)15-24(23(31)34,17-5-3-6-18(13-17)25(26,27)28)14-21(32)30-11-8-19(9-12-30)35-20-7-4-10-29-16-20/h3-7,10,13,16,19H,2,8-9,11-12,14-15H2,1H3/t24-/m1/s1. The maximum atomic E-state index is 13.4. The minimum absolute atomic E-state index is 0.0322. The van der Waals surface area contributed by atoms with Crippen molar-refractivity contribution in [3.8, 4) is 5.75 Å². The molecule has 0 saturated carbocycles. The lowest BCUT2D eigenvalue weighted by Gasteiger charge is -2.35. The van der Waals surface area contributed by atoms with Crippen molar-refractivity contribution in [2.45, 2.75) is 50.3 Å². The second-order valence-electron chi connectivity index (χ2n) is 8.84. The molecule has 2 aliphatic rings. The van der Waals surface area contributed by atoms with Crippen molar-refractivity contribution < 1.29 is 32.3 Å². The van der Waals surface area contributed by atoms with Crippen LogP contribution in [0, 0.1) is 0 Å². The van der Waals surface area contributed by atoms with Gasteiger partial charge in [0.05, 0.1) is 17.2 Å². The Morgan fingerprint density at radius 1 is 1.17 bits per heavy atom. The van der Waals surface area contributed by atoms with E-state index in [2.05, 4.69) is 4.98 Å². The van der Waals surface area contributed by atoms with Crippen LogP contribution in [0.25, 0.3) is 0 Å². The molecule has 0 unspecified atom stereocenters. The number of hydrogen-bond donors (Lipinski definition) is 0. The molecule has 186 valence electrons. The van der Waals surface area contributed by atoms with Crippen molar-refractivity contribution in [1.29, 1.82) is 0 Å². The SMILES string of the molecule is CCN1C(=O)C[C@](CC(=O)N2CCC(Oc3cccnc3)CC2)(c2cccc(C(F)(F)F)c2)C1=O. The molecule has 35 heavy (non-hydrogen) atoms. The van der Waals surface area contributed by atoms with Crippen molar-refractivity contribution in [2.75, 3.05) is 19.6 Å². The molecule has 3 heterocycles. The monoisotopic (exact) mass is 489 g/mol. The minimum Gasteiger partial charge on any atom is -0.489 e. The molecule has 0 N–H and O–H groups in total. The van der Waals surface area contributed by atoms with Gasteiger partial charge in [-0.1, -0.05) is 18.2 Å². The van der Waals surface area contributed by atoms with Crippen LogP contribution in [-0.2, 0) is 26.0 Å². The van der Waals surface area contributed by atoms with Crippen molar-refractivity contribution >= 4 is 17.7 Å². The zero-order valence-corrected chi connectivity index (χ0v) is 19.3. The van der Waals surface area contributed by atoms with Gasteiger partial charge in [-0.05, 0) is 30.7 Å². The van der Waals surface area contributed by atoms with Gasteiger partial charge in [0.15, 0.2) is 0 Å². The van der Waals surface area contributed by atoms with Crippen LogP contribution in [0.2, 0.25) is 0 Å². The number of likely N-dealkylation sites (tertiary alicyclic amines) is 2. The van der Waals surface area contributed by atoms with Crippen LogP contribution in [0.15, 0.2) is 48.8 Å². The number of carbonyl (C=O) groups is 3. The molecule has 4 rings (SSSR count). The molecule has 2 fully saturated rings. The lowest BCUT2D eigenvalue weighted by Crippen LogP contribution is -2.46. The van der Waals surface area contributed by atoms with Crippen LogP contribution in [0.5, 0.6) is 5.75 Å². The first-order chi connectivity index (χ1) is 16.6. The Bertz CT molecular complexity index is 1100. The molecular formula is C25H26F3N3O4. The largest absolute Gasteiger partial charge is 0.489 e. The van der Waals surface area contributed by atoms with Gasteiger partial charge in [0.25, 0.3) is 0 Å². The van der Waals surface area contributed by atoms with E-state index < -0.39 is 29.0 Å². The topological polar surface area (TPSA) is 79.8 Å². The van der Waals surface area contributed by atoms with Crippen LogP contribution >= 0.6 is 0 Å². The highest BCUT2D eigenvalue weighted by Crippen LogP contribution is 2.42. The second kappa shape index (κ2) is 9.67. The summed E-state index contributed by atoms with van der Waals surface area (Å²) >= 11 is 0. The number of amides is 3. The molecule has 2 aliphatic heterocycles. The highest BCUT2D eigenvalue weighted by Gasteiger charge is 2.54. The number of pyridine rings is 1. The number of alkyl halides is 3. The molecule has 1 aromatic carbocycles. The molecular weight excluding hydrogens is 463 g/mol. The quantitative estimate of drug-likeness (QED) is 0.580. The maximum absolute atomic E-state index is 13.4. The lowest BCUT2D eigenvalue weighted by atomic mass is 9.75. The summed E-state index contributed by atoms with van der Waals surface area (Å²) in [6.07, 6.45) is -1.06. The number of hydrogen-bond acceptors (Lipinski definition) is 5. The van der Waals surface area contributed by atoms with E-state index in [9.17, 15) is 27.6 Å². The van der Waals surface area contributed by atoms with Gasteiger partial charge < -0.3 is 9.64 Å². The number of likely N-dealkylation sites (N-methyl/N-ethyl adjacent to an activating group) is 1. The predicted molar refractivity (Wildman–Crippen MR) is 119 cm³/mol. The zero-order valence-electron chi connectivity index (χ0n) is 19.3. The summed E-state index contributed by atoms with van der Waals surface area (Å²) in [4.78, 5) is 45.8. The zero-order chi connectivity index (χ0) is 25.2. The maximum Gasteiger partial charge on any atom is 0.416 e. The molecule has 7 nitrogen and oxygen atoms in total. The molecule has 0 radical (unpaired) electrons.